The zero-order valence-corrected chi connectivity index (χ0v) is 12.1. The lowest BCUT2D eigenvalue weighted by molar-refractivity contribution is 0.164. The summed E-state index contributed by atoms with van der Waals surface area (Å²) in [6, 6.07) is 14.9. The van der Waals surface area contributed by atoms with E-state index in [0.29, 0.717) is 0 Å². The van der Waals surface area contributed by atoms with E-state index in [1.807, 2.05) is 18.2 Å². The quantitative estimate of drug-likeness (QED) is 0.896. The maximum Gasteiger partial charge on any atom is 0.0826 e. The average molecular weight is 267 g/mol. The smallest absolute Gasteiger partial charge is 0.0826 e. The molecule has 0 spiro atoms. The first-order chi connectivity index (χ1) is 9.63. The van der Waals surface area contributed by atoms with Gasteiger partial charge in [-0.25, -0.2) is 0 Å². The number of aryl methyl sites for hydroxylation is 2. The second-order valence-electron chi connectivity index (χ2n) is 5.78. The van der Waals surface area contributed by atoms with E-state index in [0.717, 1.165) is 25.1 Å². The summed E-state index contributed by atoms with van der Waals surface area (Å²) >= 11 is 0. The van der Waals surface area contributed by atoms with Crippen molar-refractivity contribution in [2.45, 2.75) is 32.9 Å². The number of aliphatic hydroxyl groups excluding tert-OH is 1. The van der Waals surface area contributed by atoms with Gasteiger partial charge in [-0.05, 0) is 31.9 Å². The van der Waals surface area contributed by atoms with Crippen molar-refractivity contribution in [1.29, 1.82) is 0 Å². The summed E-state index contributed by atoms with van der Waals surface area (Å²) in [5, 5.41) is 10.1. The van der Waals surface area contributed by atoms with Gasteiger partial charge in [0.05, 0.1) is 6.10 Å². The first-order valence-corrected chi connectivity index (χ1v) is 7.22. The third-order valence-electron chi connectivity index (χ3n) is 3.96. The van der Waals surface area contributed by atoms with Gasteiger partial charge >= 0.3 is 0 Å². The molecule has 0 saturated carbocycles. The lowest BCUT2D eigenvalue weighted by Crippen LogP contribution is -2.30. The Morgan fingerprint density at radius 2 is 1.80 bits per heavy atom. The summed E-state index contributed by atoms with van der Waals surface area (Å²) in [5.74, 6) is 0. The van der Waals surface area contributed by atoms with E-state index in [4.69, 9.17) is 0 Å². The van der Waals surface area contributed by atoms with Crippen LogP contribution >= 0.6 is 0 Å². The van der Waals surface area contributed by atoms with Crippen LogP contribution in [0.3, 0.4) is 0 Å². The van der Waals surface area contributed by atoms with Crippen molar-refractivity contribution in [3.8, 4) is 0 Å². The Kier molecular flexibility index (Phi) is 3.49. The molecule has 0 bridgehead atoms. The third-order valence-corrected chi connectivity index (χ3v) is 3.96. The number of nitrogens with zero attached hydrogens (tertiary/aromatic N) is 1. The molecular weight excluding hydrogens is 246 g/mol. The van der Waals surface area contributed by atoms with Crippen LogP contribution in [0.1, 0.15) is 34.8 Å². The molecule has 1 unspecified atom stereocenters. The molecule has 0 saturated heterocycles. The normalized spacial score (nSPS) is 17.9. The van der Waals surface area contributed by atoms with Crippen LogP contribution in [-0.4, -0.2) is 11.7 Å². The molecule has 1 aliphatic rings. The number of benzene rings is 2. The predicted octanol–water partition coefficient (Wildman–Crippen LogP) is 3.75. The van der Waals surface area contributed by atoms with Crippen molar-refractivity contribution in [3.05, 3.63) is 64.7 Å². The topological polar surface area (TPSA) is 23.5 Å². The van der Waals surface area contributed by atoms with Crippen molar-refractivity contribution in [3.63, 3.8) is 0 Å². The summed E-state index contributed by atoms with van der Waals surface area (Å²) in [5.41, 5.74) is 6.19. The fraction of sp³-hybridized carbons (Fsp3) is 0.333. The number of hydrogen-bond acceptors (Lipinski definition) is 2. The van der Waals surface area contributed by atoms with Gasteiger partial charge in [0.15, 0.2) is 0 Å². The minimum absolute atomic E-state index is 0.318. The van der Waals surface area contributed by atoms with Crippen LogP contribution in [0.4, 0.5) is 5.69 Å². The number of rotatable bonds is 2. The molecule has 1 N–H and O–H groups in total. The highest BCUT2D eigenvalue weighted by atomic mass is 16.3. The molecule has 20 heavy (non-hydrogen) atoms. The van der Waals surface area contributed by atoms with Crippen molar-refractivity contribution >= 4 is 5.69 Å². The Labute approximate surface area is 120 Å². The number of anilines is 1. The van der Waals surface area contributed by atoms with E-state index in [2.05, 4.69) is 43.0 Å². The van der Waals surface area contributed by atoms with Gasteiger partial charge < -0.3 is 10.0 Å². The summed E-state index contributed by atoms with van der Waals surface area (Å²) in [4.78, 5) is 2.37. The molecule has 2 nitrogen and oxygen atoms in total. The fourth-order valence-electron chi connectivity index (χ4n) is 3.16. The fourth-order valence-corrected chi connectivity index (χ4v) is 3.16. The van der Waals surface area contributed by atoms with Crippen LogP contribution in [0.2, 0.25) is 0 Å². The number of hydrogen-bond donors (Lipinski definition) is 1. The largest absolute Gasteiger partial charge is 0.388 e. The van der Waals surface area contributed by atoms with Gasteiger partial charge in [-0.2, -0.15) is 0 Å². The summed E-state index contributed by atoms with van der Waals surface area (Å²) in [6.07, 6.45) is 0.489. The van der Waals surface area contributed by atoms with Crippen molar-refractivity contribution < 1.29 is 5.11 Å². The molecule has 3 rings (SSSR count). The molecule has 1 atom stereocenters. The second-order valence-corrected chi connectivity index (χ2v) is 5.78. The molecule has 1 heterocycles. The van der Waals surface area contributed by atoms with E-state index in [-0.39, 0.29) is 6.10 Å². The molecule has 0 aliphatic carbocycles. The highest BCUT2D eigenvalue weighted by molar-refractivity contribution is 5.56. The SMILES string of the molecule is Cc1cc(C)cc(CN2CCC(O)c3ccccc32)c1. The first kappa shape index (κ1) is 13.2. The minimum atomic E-state index is -0.318. The second kappa shape index (κ2) is 5.29. The van der Waals surface area contributed by atoms with Crippen molar-refractivity contribution in [2.24, 2.45) is 0 Å². The molecule has 2 heteroatoms. The lowest BCUT2D eigenvalue weighted by Gasteiger charge is -2.34. The van der Waals surface area contributed by atoms with Gasteiger partial charge in [-0.1, -0.05) is 47.5 Å². The van der Waals surface area contributed by atoms with E-state index < -0.39 is 0 Å². The van der Waals surface area contributed by atoms with E-state index >= 15 is 0 Å². The van der Waals surface area contributed by atoms with Gasteiger partial charge in [0.1, 0.15) is 0 Å². The van der Waals surface area contributed by atoms with Crippen LogP contribution < -0.4 is 4.90 Å². The van der Waals surface area contributed by atoms with Crippen LogP contribution in [-0.2, 0) is 6.54 Å². The molecule has 0 radical (unpaired) electrons. The summed E-state index contributed by atoms with van der Waals surface area (Å²) in [7, 11) is 0. The average Bonchev–Trinajstić information content (AvgIpc) is 2.41. The maximum absolute atomic E-state index is 10.1. The van der Waals surface area contributed by atoms with Gasteiger partial charge in [-0.15, -0.1) is 0 Å². The van der Waals surface area contributed by atoms with E-state index in [9.17, 15) is 5.11 Å². The highest BCUT2D eigenvalue weighted by Gasteiger charge is 2.22. The Hall–Kier alpha value is -1.80. The molecular formula is C18H21NO. The molecule has 0 aromatic heterocycles. The molecule has 0 fully saturated rings. The van der Waals surface area contributed by atoms with E-state index in [1.165, 1.54) is 22.4 Å². The number of para-hydroxylation sites is 1. The zero-order chi connectivity index (χ0) is 14.1. The molecule has 2 aromatic carbocycles. The van der Waals surface area contributed by atoms with E-state index in [1.54, 1.807) is 0 Å². The summed E-state index contributed by atoms with van der Waals surface area (Å²) < 4.78 is 0. The Bertz CT molecular complexity index is 600. The van der Waals surface area contributed by atoms with Gasteiger partial charge in [0.2, 0.25) is 0 Å². The highest BCUT2D eigenvalue weighted by Crippen LogP contribution is 2.34. The van der Waals surface area contributed by atoms with Crippen LogP contribution in [0.25, 0.3) is 0 Å². The predicted molar refractivity (Wildman–Crippen MR) is 83.0 cm³/mol. The van der Waals surface area contributed by atoms with Gasteiger partial charge in [0, 0.05) is 24.3 Å². The number of aliphatic hydroxyl groups is 1. The minimum Gasteiger partial charge on any atom is -0.388 e. The Morgan fingerprint density at radius 3 is 2.55 bits per heavy atom. The zero-order valence-electron chi connectivity index (χ0n) is 12.1. The molecule has 0 amide bonds. The lowest BCUT2D eigenvalue weighted by atomic mass is 9.98. The van der Waals surface area contributed by atoms with Crippen molar-refractivity contribution in [2.75, 3.05) is 11.4 Å². The molecule has 2 aromatic rings. The third kappa shape index (κ3) is 2.56. The Morgan fingerprint density at radius 1 is 1.10 bits per heavy atom. The van der Waals surface area contributed by atoms with Crippen LogP contribution in [0, 0.1) is 13.8 Å². The number of fused-ring (bicyclic) bond motifs is 1. The van der Waals surface area contributed by atoms with Crippen LogP contribution in [0.15, 0.2) is 42.5 Å². The van der Waals surface area contributed by atoms with Gasteiger partial charge in [-0.3, -0.25) is 0 Å². The molecule has 104 valence electrons. The van der Waals surface area contributed by atoms with Crippen molar-refractivity contribution in [1.82, 2.24) is 0 Å². The van der Waals surface area contributed by atoms with Gasteiger partial charge in [0.25, 0.3) is 0 Å². The van der Waals surface area contributed by atoms with Crippen LogP contribution in [0.5, 0.6) is 0 Å². The Balaban J connectivity index is 1.90. The standard InChI is InChI=1S/C18H21NO/c1-13-9-14(2)11-15(10-13)12-19-8-7-18(20)16-5-3-4-6-17(16)19/h3-6,9-11,18,20H,7-8,12H2,1-2H3. The monoisotopic (exact) mass is 267 g/mol. The summed E-state index contributed by atoms with van der Waals surface area (Å²) in [6.45, 7) is 6.10. The molecule has 1 aliphatic heterocycles. The maximum atomic E-state index is 10.1. The first-order valence-electron chi connectivity index (χ1n) is 7.22.